The molecule has 25 heavy (non-hydrogen) atoms. The first-order valence-electron chi connectivity index (χ1n) is 7.86. The Morgan fingerprint density at radius 2 is 2.08 bits per heavy atom. The van der Waals surface area contributed by atoms with Crippen molar-refractivity contribution in [2.75, 3.05) is 11.6 Å². The van der Waals surface area contributed by atoms with E-state index in [2.05, 4.69) is 15.4 Å². The number of hydrogen-bond acceptors (Lipinski definition) is 7. The van der Waals surface area contributed by atoms with Crippen molar-refractivity contribution in [3.63, 3.8) is 0 Å². The number of Topliss-reactive ketones (excluding diaryl/α,β-unsaturated/α-hetero) is 1. The predicted molar refractivity (Wildman–Crippen MR) is 92.5 cm³/mol. The summed E-state index contributed by atoms with van der Waals surface area (Å²) in [5.74, 6) is 0.685. The molecule has 1 aliphatic heterocycles. The zero-order valence-corrected chi connectivity index (χ0v) is 14.2. The molecule has 1 aromatic carbocycles. The lowest BCUT2D eigenvalue weighted by Crippen LogP contribution is -2.31. The van der Waals surface area contributed by atoms with Crippen molar-refractivity contribution in [1.29, 1.82) is 0 Å². The lowest BCUT2D eigenvalue weighted by Gasteiger charge is -2.32. The third-order valence-corrected chi connectivity index (χ3v) is 4.99. The van der Waals surface area contributed by atoms with Gasteiger partial charge in [0, 0.05) is 29.8 Å². The number of ketones is 1. The van der Waals surface area contributed by atoms with Crippen LogP contribution in [0, 0.1) is 10.1 Å². The highest BCUT2D eigenvalue weighted by atomic mass is 32.2. The number of nitrogens with one attached hydrogen (secondary N) is 1. The maximum absolute atomic E-state index is 12.6. The Morgan fingerprint density at radius 1 is 1.32 bits per heavy atom. The van der Waals surface area contributed by atoms with Gasteiger partial charge in [0.05, 0.1) is 4.92 Å². The van der Waals surface area contributed by atoms with Gasteiger partial charge in [0.25, 0.3) is 5.69 Å². The summed E-state index contributed by atoms with van der Waals surface area (Å²) in [6.07, 6.45) is 3.98. The largest absolute Gasteiger partial charge is 0.328 e. The lowest BCUT2D eigenvalue weighted by atomic mass is 9.85. The number of nitro benzene ring substituents is 1. The number of rotatable bonds is 3. The van der Waals surface area contributed by atoms with E-state index in [1.54, 1.807) is 16.8 Å². The fourth-order valence-electron chi connectivity index (χ4n) is 3.31. The molecule has 0 unspecified atom stereocenters. The van der Waals surface area contributed by atoms with E-state index in [0.29, 0.717) is 23.1 Å². The predicted octanol–water partition coefficient (Wildman–Crippen LogP) is 2.93. The van der Waals surface area contributed by atoms with Crippen LogP contribution in [0.4, 0.5) is 11.6 Å². The molecule has 9 heteroatoms. The Balaban J connectivity index is 1.86. The summed E-state index contributed by atoms with van der Waals surface area (Å²) in [4.78, 5) is 27.5. The van der Waals surface area contributed by atoms with Crippen LogP contribution in [0.5, 0.6) is 0 Å². The Kier molecular flexibility index (Phi) is 3.79. The van der Waals surface area contributed by atoms with Gasteiger partial charge in [-0.05, 0) is 36.8 Å². The Morgan fingerprint density at radius 3 is 2.76 bits per heavy atom. The first kappa shape index (κ1) is 15.8. The number of hydrogen-bond donors (Lipinski definition) is 1. The van der Waals surface area contributed by atoms with Crippen molar-refractivity contribution < 1.29 is 9.72 Å². The number of allylic oxidation sites excluding steroid dienone is 2. The molecule has 8 nitrogen and oxygen atoms in total. The minimum Gasteiger partial charge on any atom is -0.328 e. The molecule has 0 amide bonds. The standard InChI is InChI=1S/C16H15N5O3S/c1-25-16-18-15-17-11-3-2-4-12(22)13(11)14(20(15)19-16)9-5-7-10(8-6-9)21(23)24/h5-8,14H,2-4H2,1H3,(H,17,18,19)/t14-/m0/s1. The second-order valence-electron chi connectivity index (χ2n) is 5.91. The van der Waals surface area contributed by atoms with E-state index >= 15 is 0 Å². The van der Waals surface area contributed by atoms with Crippen molar-refractivity contribution in [2.45, 2.75) is 30.5 Å². The number of carbonyl (C=O) groups excluding carboxylic acids is 1. The number of fused-ring (bicyclic) bond motifs is 1. The average molecular weight is 357 g/mol. The number of non-ortho nitro benzene ring substituents is 1. The molecule has 0 fully saturated rings. The normalized spacial score (nSPS) is 19.2. The van der Waals surface area contributed by atoms with Crippen LogP contribution in [0.15, 0.2) is 40.7 Å². The SMILES string of the molecule is CSc1nc2n(n1)[C@@H](c1ccc([N+](=O)[O-])cc1)C1=C(CCCC1=O)N2. The van der Waals surface area contributed by atoms with Crippen molar-refractivity contribution in [2.24, 2.45) is 0 Å². The van der Waals surface area contributed by atoms with E-state index in [1.165, 1.54) is 23.9 Å². The van der Waals surface area contributed by atoms with Crippen LogP contribution in [0.1, 0.15) is 30.9 Å². The number of thioether (sulfide) groups is 1. The van der Waals surface area contributed by atoms with Crippen molar-refractivity contribution >= 4 is 29.2 Å². The highest BCUT2D eigenvalue weighted by molar-refractivity contribution is 7.98. The van der Waals surface area contributed by atoms with Gasteiger partial charge in [-0.1, -0.05) is 11.8 Å². The van der Waals surface area contributed by atoms with Crippen LogP contribution in [0.25, 0.3) is 0 Å². The Bertz CT molecular complexity index is 903. The molecule has 2 aromatic rings. The van der Waals surface area contributed by atoms with Gasteiger partial charge in [0.15, 0.2) is 5.78 Å². The van der Waals surface area contributed by atoms with Crippen LogP contribution >= 0.6 is 11.8 Å². The van der Waals surface area contributed by atoms with E-state index < -0.39 is 11.0 Å². The van der Waals surface area contributed by atoms with Gasteiger partial charge in [0.1, 0.15) is 6.04 Å². The Labute approximate surface area is 147 Å². The average Bonchev–Trinajstić information content (AvgIpc) is 3.03. The molecule has 2 aliphatic rings. The molecule has 1 N–H and O–H groups in total. The Hall–Kier alpha value is -2.68. The summed E-state index contributed by atoms with van der Waals surface area (Å²) >= 11 is 1.42. The minimum absolute atomic E-state index is 0.0190. The highest BCUT2D eigenvalue weighted by Gasteiger charge is 2.36. The van der Waals surface area contributed by atoms with Crippen molar-refractivity contribution in [3.05, 3.63) is 51.2 Å². The van der Waals surface area contributed by atoms with Crippen LogP contribution in [0.2, 0.25) is 0 Å². The summed E-state index contributed by atoms with van der Waals surface area (Å²) in [5, 5.41) is 19.3. The smallest absolute Gasteiger partial charge is 0.269 e. The van der Waals surface area contributed by atoms with Gasteiger partial charge in [0.2, 0.25) is 11.1 Å². The lowest BCUT2D eigenvalue weighted by molar-refractivity contribution is -0.384. The molecule has 1 aromatic heterocycles. The molecular formula is C16H15N5O3S. The molecule has 0 spiro atoms. The second-order valence-corrected chi connectivity index (χ2v) is 6.69. The maximum atomic E-state index is 12.6. The van der Waals surface area contributed by atoms with Gasteiger partial charge >= 0.3 is 0 Å². The molecular weight excluding hydrogens is 342 g/mol. The topological polar surface area (TPSA) is 103 Å². The summed E-state index contributed by atoms with van der Waals surface area (Å²) in [6.45, 7) is 0. The van der Waals surface area contributed by atoms with Gasteiger partial charge in [-0.3, -0.25) is 14.9 Å². The summed E-state index contributed by atoms with van der Waals surface area (Å²) in [5.41, 5.74) is 2.37. The molecule has 1 atom stereocenters. The van der Waals surface area contributed by atoms with Crippen LogP contribution in [0.3, 0.4) is 0 Å². The van der Waals surface area contributed by atoms with Crippen LogP contribution in [-0.4, -0.2) is 31.7 Å². The second kappa shape index (κ2) is 5.99. The van der Waals surface area contributed by atoms with E-state index in [1.807, 2.05) is 6.26 Å². The zero-order chi connectivity index (χ0) is 17.6. The first-order valence-corrected chi connectivity index (χ1v) is 9.09. The number of nitro groups is 1. The number of carbonyl (C=O) groups is 1. The quantitative estimate of drug-likeness (QED) is 0.512. The van der Waals surface area contributed by atoms with Gasteiger partial charge in [-0.25, -0.2) is 4.68 Å². The van der Waals surface area contributed by atoms with E-state index in [9.17, 15) is 14.9 Å². The van der Waals surface area contributed by atoms with Gasteiger partial charge < -0.3 is 5.32 Å². The molecule has 2 heterocycles. The number of nitrogens with zero attached hydrogens (tertiary/aromatic N) is 4. The first-order chi connectivity index (χ1) is 12.1. The summed E-state index contributed by atoms with van der Waals surface area (Å²) < 4.78 is 1.70. The molecule has 1 aliphatic carbocycles. The number of anilines is 1. The molecule has 0 saturated heterocycles. The molecule has 4 rings (SSSR count). The molecule has 0 saturated carbocycles. The maximum Gasteiger partial charge on any atom is 0.269 e. The molecule has 0 radical (unpaired) electrons. The number of aromatic nitrogens is 3. The fourth-order valence-corrected chi connectivity index (χ4v) is 3.66. The third kappa shape index (κ3) is 2.60. The number of benzene rings is 1. The minimum atomic E-state index is -0.435. The van der Waals surface area contributed by atoms with Gasteiger partial charge in [-0.2, -0.15) is 4.98 Å². The van der Waals surface area contributed by atoms with E-state index in [0.717, 1.165) is 24.1 Å². The monoisotopic (exact) mass is 357 g/mol. The van der Waals surface area contributed by atoms with E-state index in [4.69, 9.17) is 0 Å². The van der Waals surface area contributed by atoms with Crippen molar-refractivity contribution in [3.8, 4) is 0 Å². The molecule has 128 valence electrons. The van der Waals surface area contributed by atoms with Crippen LogP contribution < -0.4 is 5.32 Å². The van der Waals surface area contributed by atoms with Crippen LogP contribution in [-0.2, 0) is 4.79 Å². The third-order valence-electron chi connectivity index (χ3n) is 4.45. The highest BCUT2D eigenvalue weighted by Crippen LogP contribution is 2.40. The zero-order valence-electron chi connectivity index (χ0n) is 13.4. The van der Waals surface area contributed by atoms with E-state index in [-0.39, 0.29) is 11.5 Å². The van der Waals surface area contributed by atoms with Crippen molar-refractivity contribution in [1.82, 2.24) is 14.8 Å². The fraction of sp³-hybridized carbons (Fsp3) is 0.312. The van der Waals surface area contributed by atoms with Gasteiger partial charge in [-0.15, -0.1) is 5.10 Å². The molecule has 0 bridgehead atoms. The summed E-state index contributed by atoms with van der Waals surface area (Å²) in [7, 11) is 0. The summed E-state index contributed by atoms with van der Waals surface area (Å²) in [6, 6.07) is 5.87.